The van der Waals surface area contributed by atoms with Crippen LogP contribution in [-0.2, 0) is 79.6 Å². The summed E-state index contributed by atoms with van der Waals surface area (Å²) in [5, 5.41) is 0. The van der Waals surface area contributed by atoms with Crippen LogP contribution in [0.2, 0.25) is 0 Å². The summed E-state index contributed by atoms with van der Waals surface area (Å²) >= 11 is 0. The van der Waals surface area contributed by atoms with Crippen LogP contribution in [0, 0.1) is 0 Å². The Bertz CT molecular complexity index is 1620. The van der Waals surface area contributed by atoms with Gasteiger partial charge < -0.3 is 52.1 Å². The van der Waals surface area contributed by atoms with Crippen molar-refractivity contribution >= 4 is 10.1 Å². The highest BCUT2D eigenvalue weighted by atomic mass is 32.2. The molecule has 0 amide bonds. The lowest BCUT2D eigenvalue weighted by molar-refractivity contribution is -0.483. The highest BCUT2D eigenvalue weighted by Crippen LogP contribution is 2.46. The summed E-state index contributed by atoms with van der Waals surface area (Å²) in [6.07, 6.45) is -10.1. The average Bonchev–Trinajstić information content (AvgIpc) is 3.59. The van der Waals surface area contributed by atoms with Crippen molar-refractivity contribution in [1.29, 1.82) is 0 Å². The molecule has 0 radical (unpaired) electrons. The minimum atomic E-state index is -5.98. The molecule has 4 saturated heterocycles. The van der Waals surface area contributed by atoms with Crippen LogP contribution >= 0.6 is 0 Å². The van der Waals surface area contributed by atoms with Gasteiger partial charge in [0, 0.05) is 14.2 Å². The molecular weight excluding hydrogens is 733 g/mol. The van der Waals surface area contributed by atoms with Crippen molar-refractivity contribution in [2.24, 2.45) is 0 Å². The molecule has 11 atom stereocenters. The van der Waals surface area contributed by atoms with E-state index in [0.717, 1.165) is 11.1 Å². The Morgan fingerprint density at radius 3 is 1.87 bits per heavy atom. The van der Waals surface area contributed by atoms with Gasteiger partial charge in [-0.25, -0.2) is 0 Å². The van der Waals surface area contributed by atoms with E-state index in [-0.39, 0.29) is 19.8 Å². The first-order valence-electron chi connectivity index (χ1n) is 17.0. The maximum absolute atomic E-state index is 13.2. The second-order valence-electron chi connectivity index (χ2n) is 13.7. The van der Waals surface area contributed by atoms with Gasteiger partial charge in [-0.2, -0.15) is 21.6 Å². The molecule has 4 aliphatic rings. The number of fused-ring (bicyclic) bond motifs is 2. The van der Waals surface area contributed by atoms with Gasteiger partial charge in [0.05, 0.1) is 26.4 Å². The number of rotatable bonds is 14. The molecule has 18 heteroatoms. The number of methoxy groups -OCH3 is 2. The summed E-state index contributed by atoms with van der Waals surface area (Å²) in [5.74, 6) is -4.12. The smallest absolute Gasteiger partial charge is 0.374 e. The molecule has 296 valence electrons. The lowest BCUT2D eigenvalue weighted by Gasteiger charge is -2.57. The van der Waals surface area contributed by atoms with E-state index in [0.29, 0.717) is 0 Å². The first kappa shape index (κ1) is 40.4. The number of benzene rings is 2. The van der Waals surface area contributed by atoms with E-state index in [1.807, 2.05) is 60.7 Å². The average molecular weight is 779 g/mol. The molecule has 2 aromatic carbocycles. The normalized spacial score (nSPS) is 37.0. The number of ether oxygens (including phenoxy) is 11. The van der Waals surface area contributed by atoms with Crippen LogP contribution in [0.3, 0.4) is 0 Å². The summed E-state index contributed by atoms with van der Waals surface area (Å²) in [6, 6.07) is 18.7. The largest absolute Gasteiger partial charge is 0.523 e. The van der Waals surface area contributed by atoms with Gasteiger partial charge >= 0.3 is 15.6 Å². The number of hydrogen-bond donors (Lipinski definition) is 0. The molecule has 0 saturated carbocycles. The molecule has 53 heavy (non-hydrogen) atoms. The van der Waals surface area contributed by atoms with E-state index >= 15 is 0 Å². The molecule has 0 unspecified atom stereocenters. The van der Waals surface area contributed by atoms with Gasteiger partial charge in [0.15, 0.2) is 18.4 Å². The van der Waals surface area contributed by atoms with Crippen LogP contribution in [0.4, 0.5) is 13.2 Å². The first-order chi connectivity index (χ1) is 25.0. The number of alkyl halides is 3. The zero-order chi connectivity index (χ0) is 38.2. The zero-order valence-electron chi connectivity index (χ0n) is 30.1. The topological polar surface area (TPSA) is 145 Å². The third kappa shape index (κ3) is 8.60. The molecular formula is C35H45F3O14S. The van der Waals surface area contributed by atoms with Crippen LogP contribution < -0.4 is 0 Å². The van der Waals surface area contributed by atoms with Gasteiger partial charge in [0.25, 0.3) is 0 Å². The first-order valence-corrected chi connectivity index (χ1v) is 18.4. The van der Waals surface area contributed by atoms with Crippen LogP contribution in [0.15, 0.2) is 60.7 Å². The van der Waals surface area contributed by atoms with E-state index in [2.05, 4.69) is 4.18 Å². The van der Waals surface area contributed by atoms with E-state index in [1.54, 1.807) is 27.7 Å². The van der Waals surface area contributed by atoms with Crippen LogP contribution in [0.5, 0.6) is 0 Å². The standard InChI is InChI=1S/C35H45F3O14S/c1-32(2)49-29-25(24(47-31(29)52-32)20-45-53(39,40)35(36,37)38)48-30-28(44-18-22-15-11-8-12-16-22)27-26(50-33(3,41-5)34(4,42-6)51-27)23(46-30)19-43-17-21-13-9-7-10-14-21/h7-16,23-31H,17-20H2,1-6H3/t23-,24-,25-,26-,27+,28-,29-,30-,31-,33+,34+/m1/s1. The van der Waals surface area contributed by atoms with Gasteiger partial charge in [-0.3, -0.25) is 4.18 Å². The monoisotopic (exact) mass is 778 g/mol. The van der Waals surface area contributed by atoms with Crippen molar-refractivity contribution < 1.29 is 77.9 Å². The molecule has 4 heterocycles. The molecule has 6 rings (SSSR count). The highest BCUT2D eigenvalue weighted by Gasteiger charge is 2.64. The minimum absolute atomic E-state index is 0.0373. The fraction of sp³-hybridized carbons (Fsp3) is 0.657. The van der Waals surface area contributed by atoms with Crippen molar-refractivity contribution in [3.05, 3.63) is 71.8 Å². The van der Waals surface area contributed by atoms with E-state index in [4.69, 9.17) is 52.1 Å². The fourth-order valence-electron chi connectivity index (χ4n) is 6.63. The molecule has 0 spiro atoms. The minimum Gasteiger partial charge on any atom is -0.374 e. The van der Waals surface area contributed by atoms with Crippen LogP contribution in [-0.4, -0.2) is 114 Å². The lowest BCUT2D eigenvalue weighted by atomic mass is 9.93. The van der Waals surface area contributed by atoms with Crippen LogP contribution in [0.25, 0.3) is 0 Å². The Morgan fingerprint density at radius 2 is 1.28 bits per heavy atom. The van der Waals surface area contributed by atoms with Crippen LogP contribution in [0.1, 0.15) is 38.8 Å². The second-order valence-corrected chi connectivity index (χ2v) is 15.3. The summed E-state index contributed by atoms with van der Waals surface area (Å²) in [6.45, 7) is 5.70. The molecule has 0 N–H and O–H groups in total. The van der Waals surface area contributed by atoms with Crippen molar-refractivity contribution in [3.8, 4) is 0 Å². The fourth-order valence-corrected chi connectivity index (χ4v) is 7.08. The summed E-state index contributed by atoms with van der Waals surface area (Å²) < 4.78 is 136. The Hall–Kier alpha value is -2.30. The Morgan fingerprint density at radius 1 is 0.698 bits per heavy atom. The maximum atomic E-state index is 13.2. The molecule has 2 aromatic rings. The van der Waals surface area contributed by atoms with Gasteiger partial charge in [-0.1, -0.05) is 60.7 Å². The van der Waals surface area contributed by atoms with Gasteiger partial charge in [-0.15, -0.1) is 0 Å². The summed E-state index contributed by atoms with van der Waals surface area (Å²) in [5.41, 5.74) is -3.97. The molecule has 0 bridgehead atoms. The predicted molar refractivity (Wildman–Crippen MR) is 175 cm³/mol. The third-order valence-electron chi connectivity index (χ3n) is 9.65. The summed E-state index contributed by atoms with van der Waals surface area (Å²) in [4.78, 5) is 0. The van der Waals surface area contributed by atoms with Crippen molar-refractivity contribution in [2.75, 3.05) is 27.4 Å². The van der Waals surface area contributed by atoms with Crippen molar-refractivity contribution in [2.45, 2.75) is 119 Å². The molecule has 4 fully saturated rings. The summed E-state index contributed by atoms with van der Waals surface area (Å²) in [7, 11) is -3.10. The Labute approximate surface area is 306 Å². The van der Waals surface area contributed by atoms with E-state index in [1.165, 1.54) is 14.2 Å². The van der Waals surface area contributed by atoms with Crippen molar-refractivity contribution in [1.82, 2.24) is 0 Å². The van der Waals surface area contributed by atoms with Gasteiger partial charge in [0.1, 0.15) is 42.7 Å². The molecule has 14 nitrogen and oxygen atoms in total. The molecule has 0 aromatic heterocycles. The van der Waals surface area contributed by atoms with E-state index < -0.39 is 94.9 Å². The van der Waals surface area contributed by atoms with Gasteiger partial charge in [0.2, 0.25) is 11.6 Å². The maximum Gasteiger partial charge on any atom is 0.523 e. The Kier molecular flexibility index (Phi) is 11.9. The van der Waals surface area contributed by atoms with Gasteiger partial charge in [-0.05, 0) is 38.8 Å². The number of hydrogen-bond acceptors (Lipinski definition) is 14. The quantitative estimate of drug-likeness (QED) is 0.200. The molecule has 4 aliphatic heterocycles. The zero-order valence-corrected chi connectivity index (χ0v) is 30.9. The lowest BCUT2D eigenvalue weighted by Crippen LogP contribution is -2.73. The number of halogens is 3. The predicted octanol–water partition coefficient (Wildman–Crippen LogP) is 4.15. The second kappa shape index (κ2) is 15.7. The third-order valence-corrected chi connectivity index (χ3v) is 10.7. The molecule has 0 aliphatic carbocycles. The van der Waals surface area contributed by atoms with Crippen molar-refractivity contribution in [3.63, 3.8) is 0 Å². The Balaban J connectivity index is 1.33. The SMILES string of the molecule is CO[C@@]1(C)O[C@@H]2[C@@H](OCc3ccccc3)[C@@H](O[C@H]3[C@H]4OC(C)(C)O[C@H]4O[C@@H]3COS(=O)(=O)C(F)(F)F)O[C@H](COCc3ccccc3)[C@H]2O[C@]1(C)OC. The highest BCUT2D eigenvalue weighted by molar-refractivity contribution is 7.87. The van der Waals surface area contributed by atoms with E-state index in [9.17, 15) is 21.6 Å².